The summed E-state index contributed by atoms with van der Waals surface area (Å²) in [4.78, 5) is 12.0. The van der Waals surface area contributed by atoms with Crippen LogP contribution in [0.15, 0.2) is 48.5 Å². The fourth-order valence-electron chi connectivity index (χ4n) is 3.77. The molecule has 1 aromatic heterocycles. The summed E-state index contributed by atoms with van der Waals surface area (Å²) in [7, 11) is 1.56. The molecule has 142 valence electrons. The molecule has 4 nitrogen and oxygen atoms in total. The molecule has 0 aliphatic carbocycles. The molecule has 0 fully saturated rings. The maximum atomic E-state index is 13.3. The van der Waals surface area contributed by atoms with Crippen LogP contribution < -0.4 is 4.74 Å². The van der Waals surface area contributed by atoms with Crippen molar-refractivity contribution in [2.24, 2.45) is 0 Å². The van der Waals surface area contributed by atoms with Crippen molar-refractivity contribution in [1.82, 2.24) is 4.57 Å². The van der Waals surface area contributed by atoms with Gasteiger partial charge >= 0.3 is 5.97 Å². The number of rotatable bonds is 4. The Bertz CT molecular complexity index is 1230. The van der Waals surface area contributed by atoms with E-state index in [4.69, 9.17) is 16.3 Å². The highest BCUT2D eigenvalue weighted by molar-refractivity contribution is 6.37. The van der Waals surface area contributed by atoms with E-state index in [1.54, 1.807) is 37.4 Å². The molecule has 4 rings (SSSR count). The Labute approximate surface area is 165 Å². The molecule has 6 heteroatoms. The number of fused-ring (bicyclic) bond motifs is 3. The number of halogens is 2. The van der Waals surface area contributed by atoms with Gasteiger partial charge in [0.2, 0.25) is 0 Å². The van der Waals surface area contributed by atoms with Gasteiger partial charge in [0.15, 0.2) is 0 Å². The number of methoxy groups -OCH3 is 1. The van der Waals surface area contributed by atoms with Crippen molar-refractivity contribution in [2.75, 3.05) is 7.11 Å². The van der Waals surface area contributed by atoms with Crippen LogP contribution in [-0.4, -0.2) is 22.8 Å². The number of ether oxygens (including phenoxy) is 1. The zero-order valence-corrected chi connectivity index (χ0v) is 16.0. The number of aryl methyl sites for hydroxylation is 1. The summed E-state index contributed by atoms with van der Waals surface area (Å²) in [6, 6.07) is 13.2. The zero-order valence-electron chi connectivity index (χ0n) is 15.3. The Kier molecular flexibility index (Phi) is 4.47. The number of benzene rings is 3. The fourth-order valence-corrected chi connectivity index (χ4v) is 4.05. The monoisotopic (exact) mass is 397 g/mol. The van der Waals surface area contributed by atoms with Gasteiger partial charge in [0, 0.05) is 17.3 Å². The predicted molar refractivity (Wildman–Crippen MR) is 108 cm³/mol. The Morgan fingerprint density at radius 1 is 1.18 bits per heavy atom. The van der Waals surface area contributed by atoms with E-state index in [9.17, 15) is 14.3 Å². The van der Waals surface area contributed by atoms with Crippen molar-refractivity contribution in [3.63, 3.8) is 0 Å². The molecule has 1 heterocycles. The number of carbonyl (C=O) groups is 1. The number of hydrogen-bond acceptors (Lipinski definition) is 2. The molecule has 3 aromatic carbocycles. The molecule has 0 aliphatic heterocycles. The second-order valence-corrected chi connectivity index (χ2v) is 7.06. The van der Waals surface area contributed by atoms with E-state index in [2.05, 4.69) is 0 Å². The van der Waals surface area contributed by atoms with Crippen molar-refractivity contribution in [3.05, 3.63) is 76.1 Å². The summed E-state index contributed by atoms with van der Waals surface area (Å²) in [6.07, 6.45) is 0. The first-order valence-electron chi connectivity index (χ1n) is 8.68. The highest BCUT2D eigenvalue weighted by Gasteiger charge is 2.24. The van der Waals surface area contributed by atoms with E-state index in [1.807, 2.05) is 17.6 Å². The lowest BCUT2D eigenvalue weighted by Gasteiger charge is -2.14. The number of para-hydroxylation sites is 1. The van der Waals surface area contributed by atoms with Crippen LogP contribution in [0.2, 0.25) is 5.02 Å². The predicted octanol–water partition coefficient (Wildman–Crippen LogP) is 5.65. The normalized spacial score (nSPS) is 11.3. The number of nitrogens with zero attached hydrogens (tertiary/aromatic N) is 1. The molecule has 0 spiro atoms. The molecule has 0 amide bonds. The minimum Gasteiger partial charge on any atom is -0.494 e. The van der Waals surface area contributed by atoms with Crippen LogP contribution in [-0.2, 0) is 6.54 Å². The molecular formula is C22H17ClFNO3. The summed E-state index contributed by atoms with van der Waals surface area (Å²) in [5, 5.41) is 11.6. The third-order valence-corrected chi connectivity index (χ3v) is 5.23. The molecular weight excluding hydrogens is 381 g/mol. The maximum absolute atomic E-state index is 13.3. The minimum atomic E-state index is -1.02. The van der Waals surface area contributed by atoms with Gasteiger partial charge in [-0.1, -0.05) is 35.9 Å². The lowest BCUT2D eigenvalue weighted by atomic mass is 10.0. The van der Waals surface area contributed by atoms with Gasteiger partial charge in [0.25, 0.3) is 0 Å². The van der Waals surface area contributed by atoms with E-state index in [-0.39, 0.29) is 11.4 Å². The van der Waals surface area contributed by atoms with Gasteiger partial charge in [0.05, 0.1) is 28.7 Å². The van der Waals surface area contributed by atoms with Crippen molar-refractivity contribution < 1.29 is 19.0 Å². The van der Waals surface area contributed by atoms with Gasteiger partial charge in [-0.3, -0.25) is 0 Å². The van der Waals surface area contributed by atoms with Crippen LogP contribution in [0, 0.1) is 12.7 Å². The topological polar surface area (TPSA) is 51.5 Å². The second-order valence-electron chi connectivity index (χ2n) is 6.65. The number of aromatic nitrogens is 1. The first-order valence-corrected chi connectivity index (χ1v) is 9.06. The van der Waals surface area contributed by atoms with Gasteiger partial charge in [0.1, 0.15) is 11.6 Å². The summed E-state index contributed by atoms with van der Waals surface area (Å²) < 4.78 is 20.9. The van der Waals surface area contributed by atoms with Crippen LogP contribution in [0.25, 0.3) is 21.8 Å². The summed E-state index contributed by atoms with van der Waals surface area (Å²) >= 11 is 6.52. The van der Waals surface area contributed by atoms with Gasteiger partial charge in [-0.15, -0.1) is 0 Å². The Balaban J connectivity index is 2.17. The van der Waals surface area contributed by atoms with Gasteiger partial charge in [-0.2, -0.15) is 0 Å². The van der Waals surface area contributed by atoms with Crippen LogP contribution in [0.3, 0.4) is 0 Å². The minimum absolute atomic E-state index is 0.193. The maximum Gasteiger partial charge on any atom is 0.336 e. The van der Waals surface area contributed by atoms with Crippen molar-refractivity contribution in [3.8, 4) is 5.75 Å². The summed E-state index contributed by atoms with van der Waals surface area (Å²) in [5.41, 5.74) is 3.15. The molecule has 0 bridgehead atoms. The Morgan fingerprint density at radius 3 is 2.54 bits per heavy atom. The molecule has 4 aromatic rings. The molecule has 0 saturated carbocycles. The van der Waals surface area contributed by atoms with Crippen LogP contribution in [0.4, 0.5) is 4.39 Å². The molecule has 0 saturated heterocycles. The van der Waals surface area contributed by atoms with E-state index in [1.165, 1.54) is 12.1 Å². The first-order chi connectivity index (χ1) is 13.4. The van der Waals surface area contributed by atoms with Gasteiger partial charge < -0.3 is 14.4 Å². The zero-order chi connectivity index (χ0) is 20.0. The molecule has 0 unspecified atom stereocenters. The van der Waals surface area contributed by atoms with E-state index >= 15 is 0 Å². The lowest BCUT2D eigenvalue weighted by Crippen LogP contribution is -2.04. The Hall–Kier alpha value is -3.05. The number of hydrogen-bond donors (Lipinski definition) is 1. The quantitative estimate of drug-likeness (QED) is 0.484. The van der Waals surface area contributed by atoms with Crippen LogP contribution in [0.1, 0.15) is 21.5 Å². The van der Waals surface area contributed by atoms with Crippen LogP contribution in [0.5, 0.6) is 5.75 Å². The summed E-state index contributed by atoms with van der Waals surface area (Å²) in [6.45, 7) is 2.20. The van der Waals surface area contributed by atoms with E-state index < -0.39 is 5.97 Å². The van der Waals surface area contributed by atoms with Gasteiger partial charge in [-0.05, 0) is 42.3 Å². The van der Waals surface area contributed by atoms with Crippen molar-refractivity contribution in [2.45, 2.75) is 13.5 Å². The average Bonchev–Trinajstić information content (AvgIpc) is 2.98. The fraction of sp³-hybridized carbons (Fsp3) is 0.136. The molecule has 28 heavy (non-hydrogen) atoms. The molecule has 0 atom stereocenters. The molecule has 1 N–H and O–H groups in total. The Morgan fingerprint density at radius 2 is 1.89 bits per heavy atom. The van der Waals surface area contributed by atoms with E-state index in [0.717, 1.165) is 16.5 Å². The summed E-state index contributed by atoms with van der Waals surface area (Å²) in [5.74, 6) is -0.739. The van der Waals surface area contributed by atoms with E-state index in [0.29, 0.717) is 33.8 Å². The van der Waals surface area contributed by atoms with Crippen molar-refractivity contribution in [1.29, 1.82) is 0 Å². The van der Waals surface area contributed by atoms with Gasteiger partial charge in [-0.25, -0.2) is 9.18 Å². The smallest absolute Gasteiger partial charge is 0.336 e. The largest absolute Gasteiger partial charge is 0.494 e. The molecule has 0 aliphatic rings. The first kappa shape index (κ1) is 18.3. The number of carboxylic acid groups (broad SMARTS) is 1. The van der Waals surface area contributed by atoms with Crippen LogP contribution >= 0.6 is 11.6 Å². The van der Waals surface area contributed by atoms with Crippen molar-refractivity contribution >= 4 is 39.4 Å². The molecule has 0 radical (unpaired) electrons. The third-order valence-electron chi connectivity index (χ3n) is 4.92. The average molecular weight is 398 g/mol. The number of aromatic carboxylic acids is 1. The number of carboxylic acids is 1. The highest BCUT2D eigenvalue weighted by atomic mass is 35.5. The standard InChI is InChI=1S/C22H17ClFNO3/c1-12-10-16(22(26)27)18-15-4-3-5-17(23)19(15)25(20(18)21(12)28-2)11-13-6-8-14(24)9-7-13/h3-10H,11H2,1-2H3,(H,26,27). The third kappa shape index (κ3) is 2.79. The second kappa shape index (κ2) is 6.84. The SMILES string of the molecule is COc1c(C)cc(C(=O)O)c2c3cccc(Cl)c3n(Cc3ccc(F)cc3)c12. The lowest BCUT2D eigenvalue weighted by molar-refractivity contribution is 0.0699. The highest BCUT2D eigenvalue weighted by Crippen LogP contribution is 2.41.